The van der Waals surface area contributed by atoms with E-state index in [-0.39, 0.29) is 60.2 Å². The Morgan fingerprint density at radius 2 is 1.79 bits per heavy atom. The maximum absolute atomic E-state index is 15.8. The van der Waals surface area contributed by atoms with Crippen molar-refractivity contribution in [1.82, 2.24) is 14.8 Å². The number of aliphatic carboxylic acids is 1. The first-order valence-electron chi connectivity index (χ1n) is 13.1. The molecule has 4 rings (SSSR count). The van der Waals surface area contributed by atoms with Crippen LogP contribution in [-0.4, -0.2) is 71.5 Å². The van der Waals surface area contributed by atoms with E-state index in [4.69, 9.17) is 27.9 Å². The van der Waals surface area contributed by atoms with Gasteiger partial charge in [0.05, 0.1) is 24.6 Å². The molecule has 1 aliphatic rings. The van der Waals surface area contributed by atoms with Crippen molar-refractivity contribution in [2.45, 2.75) is 45.2 Å². The zero-order chi connectivity index (χ0) is 31.8. The van der Waals surface area contributed by atoms with Gasteiger partial charge in [-0.2, -0.15) is 13.2 Å². The number of hydrogen-bond donors (Lipinski definition) is 2. The number of carboxylic acids is 1. The number of carboxylic acid groups (broad SMARTS) is 1. The number of methoxy groups -OCH3 is 1. The Morgan fingerprint density at radius 3 is 2.35 bits per heavy atom. The van der Waals surface area contributed by atoms with E-state index in [0.717, 1.165) is 19.4 Å². The predicted molar refractivity (Wildman–Crippen MR) is 154 cm³/mol. The van der Waals surface area contributed by atoms with Crippen molar-refractivity contribution in [2.24, 2.45) is 0 Å². The molecule has 0 unspecified atom stereocenters. The quantitative estimate of drug-likeness (QED) is 0.335. The number of aromatic nitrogens is 1. The SMILES string of the molecule is COc1c(N2C[C@@H](C)N(CC(=O)O)[C@@H](C)C2)c(F)cc2c(=O)c(C(=O)NCc3ccc(Cl)cc3Cl)cn(CC(F)(F)F)c12. The highest BCUT2D eigenvalue weighted by atomic mass is 35.5. The maximum atomic E-state index is 15.8. The summed E-state index contributed by atoms with van der Waals surface area (Å²) in [7, 11) is 1.14. The van der Waals surface area contributed by atoms with Gasteiger partial charge in [0, 0.05) is 48.0 Å². The second kappa shape index (κ2) is 12.6. The molecule has 1 amide bonds. The fraction of sp³-hybridized carbons (Fsp3) is 0.393. The van der Waals surface area contributed by atoms with E-state index < -0.39 is 46.8 Å². The Kier molecular flexibility index (Phi) is 9.48. The van der Waals surface area contributed by atoms with Crippen LogP contribution in [0.1, 0.15) is 29.8 Å². The number of hydrogen-bond acceptors (Lipinski definition) is 6. The van der Waals surface area contributed by atoms with Crippen LogP contribution < -0.4 is 20.4 Å². The molecule has 1 aromatic heterocycles. The summed E-state index contributed by atoms with van der Waals surface area (Å²) in [6, 6.07) is 4.58. The third-order valence-corrected chi connectivity index (χ3v) is 7.82. The predicted octanol–water partition coefficient (Wildman–Crippen LogP) is 4.93. The molecule has 1 fully saturated rings. The number of pyridine rings is 1. The number of carbonyl (C=O) groups excluding carboxylic acids is 1. The molecule has 0 spiro atoms. The van der Waals surface area contributed by atoms with Crippen molar-refractivity contribution in [3.8, 4) is 5.75 Å². The van der Waals surface area contributed by atoms with Crippen molar-refractivity contribution in [1.29, 1.82) is 0 Å². The normalized spacial score (nSPS) is 17.7. The van der Waals surface area contributed by atoms with E-state index in [1.54, 1.807) is 23.6 Å². The van der Waals surface area contributed by atoms with Crippen LogP contribution in [0.3, 0.4) is 0 Å². The van der Waals surface area contributed by atoms with Crippen LogP contribution in [0, 0.1) is 5.82 Å². The zero-order valence-corrected chi connectivity index (χ0v) is 24.8. The summed E-state index contributed by atoms with van der Waals surface area (Å²) in [5.41, 5.74) is -1.70. The lowest BCUT2D eigenvalue weighted by atomic mass is 10.0. The number of alkyl halides is 3. The smallest absolute Gasteiger partial charge is 0.406 e. The summed E-state index contributed by atoms with van der Waals surface area (Å²) in [4.78, 5) is 41.1. The van der Waals surface area contributed by atoms with E-state index in [1.807, 2.05) is 0 Å². The summed E-state index contributed by atoms with van der Waals surface area (Å²) >= 11 is 12.0. The molecule has 0 radical (unpaired) electrons. The Labute approximate surface area is 253 Å². The lowest BCUT2D eigenvalue weighted by Gasteiger charge is -2.45. The average molecular weight is 647 g/mol. The van der Waals surface area contributed by atoms with E-state index in [2.05, 4.69) is 5.32 Å². The summed E-state index contributed by atoms with van der Waals surface area (Å²) < 4.78 is 63.2. The van der Waals surface area contributed by atoms with Gasteiger partial charge in [0.25, 0.3) is 5.91 Å². The maximum Gasteiger partial charge on any atom is 0.406 e. The van der Waals surface area contributed by atoms with Crippen molar-refractivity contribution in [2.75, 3.05) is 31.6 Å². The monoisotopic (exact) mass is 646 g/mol. The number of nitrogens with zero attached hydrogens (tertiary/aromatic N) is 3. The molecule has 1 saturated heterocycles. The number of benzene rings is 2. The Bertz CT molecular complexity index is 1620. The molecule has 2 N–H and O–H groups in total. The fourth-order valence-corrected chi connectivity index (χ4v) is 5.87. The minimum Gasteiger partial charge on any atom is -0.492 e. The topological polar surface area (TPSA) is 104 Å². The standard InChI is InChI=1S/C28H28Cl2F4N4O5/c1-14-9-36(10-15(2)38(14)12-22(39)40)24-21(31)7-18-23(26(24)43-3)37(13-28(32,33)34)11-19(25(18)41)27(42)35-8-16-4-5-17(29)6-20(16)30/h4-7,11,14-15H,8-10,12-13H2,1-3H3,(H,35,42)(H,39,40)/t14-,15+. The number of anilines is 1. The molecule has 43 heavy (non-hydrogen) atoms. The minimum atomic E-state index is -4.78. The first kappa shape index (κ1) is 32.4. The summed E-state index contributed by atoms with van der Waals surface area (Å²) in [6.45, 7) is 1.76. The number of halogens is 6. The largest absolute Gasteiger partial charge is 0.492 e. The number of carbonyl (C=O) groups is 2. The van der Waals surface area contributed by atoms with Crippen LogP contribution in [0.4, 0.5) is 23.2 Å². The number of amides is 1. The van der Waals surface area contributed by atoms with Gasteiger partial charge in [0.1, 0.15) is 17.8 Å². The number of fused-ring (bicyclic) bond motifs is 1. The van der Waals surface area contributed by atoms with Gasteiger partial charge in [-0.1, -0.05) is 29.3 Å². The lowest BCUT2D eigenvalue weighted by molar-refractivity contribution is -0.140. The molecule has 2 atom stereocenters. The molecule has 2 aromatic carbocycles. The molecule has 1 aliphatic heterocycles. The third kappa shape index (κ3) is 7.00. The second-order valence-electron chi connectivity index (χ2n) is 10.3. The van der Waals surface area contributed by atoms with Crippen LogP contribution in [0.5, 0.6) is 5.75 Å². The third-order valence-electron chi connectivity index (χ3n) is 7.23. The van der Waals surface area contributed by atoms with Gasteiger partial charge < -0.3 is 24.6 Å². The van der Waals surface area contributed by atoms with Crippen molar-refractivity contribution in [3.63, 3.8) is 0 Å². The van der Waals surface area contributed by atoms with E-state index >= 15 is 4.39 Å². The molecule has 0 aliphatic carbocycles. The van der Waals surface area contributed by atoms with Gasteiger partial charge in [-0.25, -0.2) is 4.39 Å². The highest BCUT2D eigenvalue weighted by molar-refractivity contribution is 6.35. The van der Waals surface area contributed by atoms with E-state index in [1.165, 1.54) is 18.2 Å². The molecule has 3 aromatic rings. The second-order valence-corrected chi connectivity index (χ2v) is 11.2. The van der Waals surface area contributed by atoms with Gasteiger partial charge >= 0.3 is 12.1 Å². The first-order valence-corrected chi connectivity index (χ1v) is 13.8. The number of nitrogens with one attached hydrogen (secondary N) is 1. The summed E-state index contributed by atoms with van der Waals surface area (Å²) in [6.07, 6.45) is -4.01. The molecule has 0 saturated carbocycles. The molecule has 0 bridgehead atoms. The first-order chi connectivity index (χ1) is 20.1. The summed E-state index contributed by atoms with van der Waals surface area (Å²) in [5, 5.41) is 11.8. The number of ether oxygens (including phenoxy) is 1. The van der Waals surface area contributed by atoms with Crippen LogP contribution in [-0.2, 0) is 17.9 Å². The zero-order valence-electron chi connectivity index (χ0n) is 23.3. The Hall–Kier alpha value is -3.55. The number of rotatable bonds is 8. The summed E-state index contributed by atoms with van der Waals surface area (Å²) in [5.74, 6) is -3.29. The van der Waals surface area contributed by atoms with Crippen LogP contribution in [0.2, 0.25) is 10.0 Å². The van der Waals surface area contributed by atoms with Gasteiger partial charge in [-0.3, -0.25) is 19.3 Å². The molecule has 2 heterocycles. The minimum absolute atomic E-state index is 0.133. The van der Waals surface area contributed by atoms with E-state index in [9.17, 15) is 32.7 Å². The van der Waals surface area contributed by atoms with Crippen LogP contribution >= 0.6 is 23.2 Å². The van der Waals surface area contributed by atoms with Gasteiger partial charge in [0.15, 0.2) is 11.6 Å². The number of piperazine rings is 1. The van der Waals surface area contributed by atoms with Crippen molar-refractivity contribution < 1.29 is 37.0 Å². The molecule has 232 valence electrons. The van der Waals surface area contributed by atoms with Crippen molar-refractivity contribution in [3.05, 3.63) is 67.7 Å². The highest BCUT2D eigenvalue weighted by Gasteiger charge is 2.36. The Balaban J connectivity index is 1.82. The molecular formula is C28H28Cl2F4N4O5. The van der Waals surface area contributed by atoms with Crippen LogP contribution in [0.25, 0.3) is 10.9 Å². The highest BCUT2D eigenvalue weighted by Crippen LogP contribution is 2.40. The Morgan fingerprint density at radius 1 is 1.14 bits per heavy atom. The van der Waals surface area contributed by atoms with Crippen LogP contribution in [0.15, 0.2) is 35.3 Å². The fourth-order valence-electron chi connectivity index (χ4n) is 5.40. The molecule has 9 nitrogen and oxygen atoms in total. The van der Waals surface area contributed by atoms with Crippen molar-refractivity contribution >= 4 is 51.7 Å². The van der Waals surface area contributed by atoms with E-state index in [0.29, 0.717) is 15.2 Å². The van der Waals surface area contributed by atoms with Gasteiger partial charge in [-0.15, -0.1) is 0 Å². The van der Waals surface area contributed by atoms with Gasteiger partial charge in [-0.05, 0) is 37.6 Å². The molecule has 15 heteroatoms. The lowest BCUT2D eigenvalue weighted by Crippen LogP contribution is -2.58. The average Bonchev–Trinajstić information content (AvgIpc) is 2.90. The van der Waals surface area contributed by atoms with Gasteiger partial charge in [0.2, 0.25) is 5.43 Å². The molecular weight excluding hydrogens is 619 g/mol.